The topological polar surface area (TPSA) is 60.8 Å². The molecule has 1 aromatic carbocycles. The Morgan fingerprint density at radius 2 is 1.68 bits per heavy atom. The van der Waals surface area contributed by atoms with Crippen molar-refractivity contribution in [3.63, 3.8) is 0 Å². The number of likely N-dealkylation sites (tertiary alicyclic amines) is 1. The summed E-state index contributed by atoms with van der Waals surface area (Å²) in [5.41, 5.74) is 2.23. The Hall–Kier alpha value is -1.55. The molecule has 1 aliphatic heterocycles. The summed E-state index contributed by atoms with van der Waals surface area (Å²) in [5, 5.41) is 19.3. The number of piperidine rings is 1. The minimum atomic E-state index is -0.814. The third-order valence-electron chi connectivity index (χ3n) is 3.82. The quantitative estimate of drug-likeness (QED) is 0.880. The molecule has 1 atom stereocenters. The van der Waals surface area contributed by atoms with Gasteiger partial charge in [0.1, 0.15) is 11.8 Å². The summed E-state index contributed by atoms with van der Waals surface area (Å²) in [6.45, 7) is 5.27. The van der Waals surface area contributed by atoms with Gasteiger partial charge in [-0.25, -0.2) is 0 Å². The van der Waals surface area contributed by atoms with Gasteiger partial charge >= 0.3 is 5.97 Å². The highest BCUT2D eigenvalue weighted by atomic mass is 16.4. The molecule has 0 spiro atoms. The minimum Gasteiger partial charge on any atom is -0.507 e. The lowest BCUT2D eigenvalue weighted by atomic mass is 9.97. The van der Waals surface area contributed by atoms with Gasteiger partial charge in [-0.05, 0) is 56.5 Å². The maximum atomic E-state index is 11.6. The van der Waals surface area contributed by atoms with E-state index >= 15 is 0 Å². The molecule has 104 valence electrons. The largest absolute Gasteiger partial charge is 0.507 e. The first-order valence-electron chi connectivity index (χ1n) is 6.77. The highest BCUT2D eigenvalue weighted by Crippen LogP contribution is 2.30. The third kappa shape index (κ3) is 2.89. The molecule has 0 amide bonds. The van der Waals surface area contributed by atoms with Crippen LogP contribution < -0.4 is 0 Å². The van der Waals surface area contributed by atoms with Gasteiger partial charge in [0.2, 0.25) is 0 Å². The van der Waals surface area contributed by atoms with Gasteiger partial charge in [-0.15, -0.1) is 0 Å². The van der Waals surface area contributed by atoms with E-state index in [1.807, 2.05) is 4.90 Å². The van der Waals surface area contributed by atoms with E-state index in [4.69, 9.17) is 0 Å². The third-order valence-corrected chi connectivity index (χ3v) is 3.82. The summed E-state index contributed by atoms with van der Waals surface area (Å²) in [5.74, 6) is -0.557. The van der Waals surface area contributed by atoms with Crippen molar-refractivity contribution in [2.75, 3.05) is 13.1 Å². The number of nitrogens with zero attached hydrogens (tertiary/aromatic N) is 1. The van der Waals surface area contributed by atoms with E-state index in [2.05, 4.69) is 0 Å². The Kier molecular flexibility index (Phi) is 4.10. The Labute approximate surface area is 113 Å². The second-order valence-electron chi connectivity index (χ2n) is 5.34. The van der Waals surface area contributed by atoms with Crippen LogP contribution in [0.15, 0.2) is 12.1 Å². The summed E-state index contributed by atoms with van der Waals surface area (Å²) < 4.78 is 0. The number of carboxylic acids is 1. The number of aromatic hydroxyl groups is 1. The number of phenols is 1. The molecule has 1 saturated heterocycles. The fourth-order valence-electron chi connectivity index (χ4n) is 2.83. The van der Waals surface area contributed by atoms with Crippen LogP contribution in [0.3, 0.4) is 0 Å². The van der Waals surface area contributed by atoms with Gasteiger partial charge in [0.25, 0.3) is 0 Å². The first-order valence-corrected chi connectivity index (χ1v) is 6.77. The minimum absolute atomic E-state index is 0.256. The van der Waals surface area contributed by atoms with Crippen LogP contribution in [0, 0.1) is 13.8 Å². The molecule has 0 radical (unpaired) electrons. The monoisotopic (exact) mass is 263 g/mol. The van der Waals surface area contributed by atoms with E-state index < -0.39 is 12.0 Å². The molecule has 0 aliphatic carbocycles. The first kappa shape index (κ1) is 13.9. The standard InChI is InChI=1S/C15H21NO3/c1-10-8-12(9-11(2)14(10)17)13(15(18)19)16-6-4-3-5-7-16/h8-9,13,17H,3-7H2,1-2H3,(H,18,19). The van der Waals surface area contributed by atoms with E-state index in [-0.39, 0.29) is 5.75 Å². The van der Waals surface area contributed by atoms with Crippen LogP contribution in [0.1, 0.15) is 42.0 Å². The fourth-order valence-corrected chi connectivity index (χ4v) is 2.83. The van der Waals surface area contributed by atoms with E-state index in [9.17, 15) is 15.0 Å². The van der Waals surface area contributed by atoms with Crippen molar-refractivity contribution in [2.24, 2.45) is 0 Å². The molecule has 0 aromatic heterocycles. The van der Waals surface area contributed by atoms with Crippen molar-refractivity contribution in [3.05, 3.63) is 28.8 Å². The second kappa shape index (κ2) is 5.61. The number of rotatable bonds is 3. The van der Waals surface area contributed by atoms with E-state index in [0.717, 1.165) is 42.6 Å². The van der Waals surface area contributed by atoms with Gasteiger partial charge in [0.05, 0.1) is 0 Å². The maximum absolute atomic E-state index is 11.6. The SMILES string of the molecule is Cc1cc(C(C(=O)O)N2CCCCC2)cc(C)c1O. The van der Waals surface area contributed by atoms with Gasteiger partial charge in [0, 0.05) is 0 Å². The fraction of sp³-hybridized carbons (Fsp3) is 0.533. The number of hydrogen-bond acceptors (Lipinski definition) is 3. The molecule has 0 saturated carbocycles. The highest BCUT2D eigenvalue weighted by molar-refractivity contribution is 5.76. The molecule has 1 fully saturated rings. The van der Waals surface area contributed by atoms with Crippen LogP contribution in [0.4, 0.5) is 0 Å². The average Bonchev–Trinajstić information content (AvgIpc) is 2.37. The number of carbonyl (C=O) groups is 1. The molecule has 1 aliphatic rings. The number of hydrogen-bond donors (Lipinski definition) is 2. The molecular weight excluding hydrogens is 242 g/mol. The van der Waals surface area contributed by atoms with Crippen molar-refractivity contribution in [3.8, 4) is 5.75 Å². The van der Waals surface area contributed by atoms with Crippen molar-refractivity contribution < 1.29 is 15.0 Å². The molecule has 2 rings (SSSR count). The molecular formula is C15H21NO3. The van der Waals surface area contributed by atoms with Crippen LogP contribution in [-0.2, 0) is 4.79 Å². The number of aryl methyl sites for hydroxylation is 2. The smallest absolute Gasteiger partial charge is 0.325 e. The van der Waals surface area contributed by atoms with Gasteiger partial charge in [0.15, 0.2) is 0 Å². The number of benzene rings is 1. The van der Waals surface area contributed by atoms with Crippen molar-refractivity contribution in [2.45, 2.75) is 39.2 Å². The van der Waals surface area contributed by atoms with Gasteiger partial charge in [-0.1, -0.05) is 18.6 Å². The maximum Gasteiger partial charge on any atom is 0.325 e. The van der Waals surface area contributed by atoms with Gasteiger partial charge < -0.3 is 10.2 Å². The Morgan fingerprint density at radius 3 is 2.16 bits per heavy atom. The van der Waals surface area contributed by atoms with E-state index in [1.165, 1.54) is 6.42 Å². The molecule has 0 bridgehead atoms. The molecule has 1 heterocycles. The lowest BCUT2D eigenvalue weighted by Gasteiger charge is -2.32. The summed E-state index contributed by atoms with van der Waals surface area (Å²) in [7, 11) is 0. The Morgan fingerprint density at radius 1 is 1.16 bits per heavy atom. The Bertz CT molecular complexity index is 455. The average molecular weight is 263 g/mol. The van der Waals surface area contributed by atoms with Crippen LogP contribution >= 0.6 is 0 Å². The van der Waals surface area contributed by atoms with Crippen molar-refractivity contribution >= 4 is 5.97 Å². The van der Waals surface area contributed by atoms with E-state index in [0.29, 0.717) is 0 Å². The van der Waals surface area contributed by atoms with E-state index in [1.54, 1.807) is 26.0 Å². The number of phenolic OH excluding ortho intramolecular Hbond substituents is 1. The van der Waals surface area contributed by atoms with Crippen molar-refractivity contribution in [1.82, 2.24) is 4.90 Å². The highest BCUT2D eigenvalue weighted by Gasteiger charge is 2.29. The second-order valence-corrected chi connectivity index (χ2v) is 5.34. The molecule has 4 nitrogen and oxygen atoms in total. The molecule has 2 N–H and O–H groups in total. The summed E-state index contributed by atoms with van der Waals surface area (Å²) in [4.78, 5) is 13.6. The zero-order valence-electron chi connectivity index (χ0n) is 11.5. The summed E-state index contributed by atoms with van der Waals surface area (Å²) in [6, 6.07) is 2.98. The number of carboxylic acid groups (broad SMARTS) is 1. The predicted octanol–water partition coefficient (Wildman–Crippen LogP) is 2.62. The van der Waals surface area contributed by atoms with Crippen LogP contribution in [-0.4, -0.2) is 34.2 Å². The summed E-state index contributed by atoms with van der Waals surface area (Å²) >= 11 is 0. The molecule has 1 unspecified atom stereocenters. The number of aliphatic carboxylic acids is 1. The predicted molar refractivity (Wildman–Crippen MR) is 73.4 cm³/mol. The Balaban J connectivity index is 2.36. The molecule has 1 aromatic rings. The zero-order chi connectivity index (χ0) is 14.0. The zero-order valence-corrected chi connectivity index (χ0v) is 11.5. The lowest BCUT2D eigenvalue weighted by molar-refractivity contribution is -0.144. The van der Waals surface area contributed by atoms with Gasteiger partial charge in [-0.3, -0.25) is 9.69 Å². The molecule has 19 heavy (non-hydrogen) atoms. The van der Waals surface area contributed by atoms with Gasteiger partial charge in [-0.2, -0.15) is 0 Å². The van der Waals surface area contributed by atoms with Crippen LogP contribution in [0.2, 0.25) is 0 Å². The van der Waals surface area contributed by atoms with Crippen molar-refractivity contribution in [1.29, 1.82) is 0 Å². The normalized spacial score (nSPS) is 18.2. The molecule has 4 heteroatoms. The van der Waals surface area contributed by atoms with Crippen LogP contribution in [0.5, 0.6) is 5.75 Å². The van der Waals surface area contributed by atoms with Crippen LogP contribution in [0.25, 0.3) is 0 Å². The lowest BCUT2D eigenvalue weighted by Crippen LogP contribution is -2.37. The first-order chi connectivity index (χ1) is 9.00. The summed E-state index contributed by atoms with van der Waals surface area (Å²) in [6.07, 6.45) is 3.29.